The molecule has 1 atom stereocenters. The number of carbonyl (C=O) groups excluding carboxylic acids is 1. The van der Waals surface area contributed by atoms with Crippen LogP contribution in [0.2, 0.25) is 0 Å². The molecule has 0 spiro atoms. The van der Waals surface area contributed by atoms with Gasteiger partial charge in [0.25, 0.3) is 5.91 Å². The third kappa shape index (κ3) is 3.44. The van der Waals surface area contributed by atoms with Gasteiger partial charge in [-0.1, -0.05) is 36.4 Å². The zero-order valence-corrected chi connectivity index (χ0v) is 15.3. The Morgan fingerprint density at radius 1 is 1.08 bits per heavy atom. The lowest BCUT2D eigenvalue weighted by Crippen LogP contribution is -2.32. The van der Waals surface area contributed by atoms with E-state index in [2.05, 4.69) is 0 Å². The first-order chi connectivity index (χ1) is 12.2. The van der Waals surface area contributed by atoms with Crippen LogP contribution >= 0.6 is 23.1 Å². The summed E-state index contributed by atoms with van der Waals surface area (Å²) < 4.78 is 15.2. The molecule has 1 aromatic heterocycles. The fraction of sp³-hybridized carbons (Fsp3) is 0.250. The van der Waals surface area contributed by atoms with Crippen molar-refractivity contribution in [1.82, 2.24) is 4.90 Å². The van der Waals surface area contributed by atoms with Crippen LogP contribution in [0.4, 0.5) is 4.39 Å². The van der Waals surface area contributed by atoms with Gasteiger partial charge in [-0.05, 0) is 30.0 Å². The molecule has 25 heavy (non-hydrogen) atoms. The minimum Gasteiger partial charge on any atom is -0.337 e. The fourth-order valence-corrected chi connectivity index (χ4v) is 5.48. The van der Waals surface area contributed by atoms with Gasteiger partial charge in [-0.3, -0.25) is 4.79 Å². The van der Waals surface area contributed by atoms with Gasteiger partial charge < -0.3 is 4.90 Å². The molecule has 2 aromatic carbocycles. The Kier molecular flexibility index (Phi) is 4.77. The second-order valence-electron chi connectivity index (χ2n) is 6.11. The number of nitrogens with zero attached hydrogens (tertiary/aromatic N) is 1. The van der Waals surface area contributed by atoms with Gasteiger partial charge in [-0.25, -0.2) is 4.39 Å². The van der Waals surface area contributed by atoms with Crippen molar-refractivity contribution in [3.05, 3.63) is 70.9 Å². The predicted octanol–water partition coefficient (Wildman–Crippen LogP) is 5.36. The molecule has 0 bridgehead atoms. The lowest BCUT2D eigenvalue weighted by molar-refractivity contribution is 0.0771. The van der Waals surface area contributed by atoms with Crippen LogP contribution in [0.3, 0.4) is 0 Å². The summed E-state index contributed by atoms with van der Waals surface area (Å²) in [5, 5.41) is 1.23. The number of amides is 1. The molecule has 1 unspecified atom stereocenters. The average molecular weight is 372 g/mol. The summed E-state index contributed by atoms with van der Waals surface area (Å²) in [7, 11) is 0. The molecule has 1 aliphatic rings. The summed E-state index contributed by atoms with van der Waals surface area (Å²) in [6.45, 7) is 1.38. The predicted molar refractivity (Wildman–Crippen MR) is 104 cm³/mol. The third-order valence-electron chi connectivity index (χ3n) is 4.52. The molecule has 0 radical (unpaired) electrons. The maximum atomic E-state index is 14.1. The van der Waals surface area contributed by atoms with Gasteiger partial charge in [0, 0.05) is 34.4 Å². The molecular weight excluding hydrogens is 353 g/mol. The fourth-order valence-electron chi connectivity index (χ4n) is 3.20. The van der Waals surface area contributed by atoms with Crippen molar-refractivity contribution in [2.75, 3.05) is 18.8 Å². The smallest absolute Gasteiger partial charge is 0.263 e. The second-order valence-corrected chi connectivity index (χ2v) is 8.50. The maximum Gasteiger partial charge on any atom is 0.263 e. The summed E-state index contributed by atoms with van der Waals surface area (Å²) in [6.07, 6.45) is 0.780. The zero-order valence-electron chi connectivity index (χ0n) is 13.7. The van der Waals surface area contributed by atoms with E-state index in [0.717, 1.165) is 32.7 Å². The van der Waals surface area contributed by atoms with Crippen molar-refractivity contribution >= 4 is 39.1 Å². The number of hydrogen-bond acceptors (Lipinski definition) is 3. The summed E-state index contributed by atoms with van der Waals surface area (Å²) in [6, 6.07) is 17.0. The average Bonchev–Trinajstić information content (AvgIpc) is 2.92. The van der Waals surface area contributed by atoms with Crippen molar-refractivity contribution < 1.29 is 9.18 Å². The number of halogens is 1. The highest BCUT2D eigenvalue weighted by Crippen LogP contribution is 2.36. The standard InChI is InChI=1S/C20H18FNOS2/c21-16-7-3-2-6-15(16)18-9-10-22(11-12-24-18)20(23)19-13-14-5-1-4-8-17(14)25-19/h1-8,13,18H,9-12H2. The molecule has 128 valence electrons. The zero-order chi connectivity index (χ0) is 17.2. The molecule has 4 rings (SSSR count). The Hall–Kier alpha value is -1.85. The first kappa shape index (κ1) is 16.6. The van der Waals surface area contributed by atoms with Crippen molar-refractivity contribution in [2.24, 2.45) is 0 Å². The summed E-state index contributed by atoms with van der Waals surface area (Å²) in [5.41, 5.74) is 0.753. The Balaban J connectivity index is 1.50. The van der Waals surface area contributed by atoms with Gasteiger partial charge >= 0.3 is 0 Å². The topological polar surface area (TPSA) is 20.3 Å². The first-order valence-corrected chi connectivity index (χ1v) is 10.2. The lowest BCUT2D eigenvalue weighted by atomic mass is 10.1. The molecule has 3 aromatic rings. The SMILES string of the molecule is O=C(c1cc2ccccc2s1)N1CCSC(c2ccccc2F)CC1. The summed E-state index contributed by atoms with van der Waals surface area (Å²) in [4.78, 5) is 15.6. The van der Waals surface area contributed by atoms with Crippen LogP contribution in [0.25, 0.3) is 10.1 Å². The third-order valence-corrected chi connectivity index (χ3v) is 6.93. The van der Waals surface area contributed by atoms with Crippen LogP contribution in [0.5, 0.6) is 0 Å². The van der Waals surface area contributed by atoms with Crippen molar-refractivity contribution in [3.8, 4) is 0 Å². The molecular formula is C20H18FNOS2. The van der Waals surface area contributed by atoms with Crippen molar-refractivity contribution in [2.45, 2.75) is 11.7 Å². The molecule has 0 aliphatic carbocycles. The van der Waals surface area contributed by atoms with Crippen LogP contribution in [0.1, 0.15) is 26.9 Å². The first-order valence-electron chi connectivity index (χ1n) is 8.36. The maximum absolute atomic E-state index is 14.1. The molecule has 5 heteroatoms. The highest BCUT2D eigenvalue weighted by Gasteiger charge is 2.25. The van der Waals surface area contributed by atoms with Gasteiger partial charge in [-0.15, -0.1) is 11.3 Å². The molecule has 1 amide bonds. The monoisotopic (exact) mass is 371 g/mol. The number of benzene rings is 2. The van der Waals surface area contributed by atoms with E-state index in [-0.39, 0.29) is 17.0 Å². The van der Waals surface area contributed by atoms with E-state index in [1.54, 1.807) is 29.2 Å². The van der Waals surface area contributed by atoms with Gasteiger partial charge in [0.05, 0.1) is 4.88 Å². The van der Waals surface area contributed by atoms with Crippen LogP contribution in [0.15, 0.2) is 54.6 Å². The molecule has 1 aliphatic heterocycles. The Morgan fingerprint density at radius 2 is 1.88 bits per heavy atom. The van der Waals surface area contributed by atoms with E-state index in [4.69, 9.17) is 0 Å². The number of hydrogen-bond donors (Lipinski definition) is 0. The lowest BCUT2D eigenvalue weighted by Gasteiger charge is -2.19. The second kappa shape index (κ2) is 7.18. The highest BCUT2D eigenvalue weighted by atomic mass is 32.2. The minimum atomic E-state index is -0.149. The minimum absolute atomic E-state index is 0.0935. The largest absolute Gasteiger partial charge is 0.337 e. The van der Waals surface area contributed by atoms with E-state index in [1.807, 2.05) is 47.4 Å². The van der Waals surface area contributed by atoms with Crippen LogP contribution in [0, 0.1) is 5.82 Å². The molecule has 2 nitrogen and oxygen atoms in total. The number of thiophene rings is 1. The van der Waals surface area contributed by atoms with Gasteiger partial charge in [0.1, 0.15) is 5.82 Å². The van der Waals surface area contributed by atoms with Gasteiger partial charge in [-0.2, -0.15) is 11.8 Å². The van der Waals surface area contributed by atoms with Crippen molar-refractivity contribution in [3.63, 3.8) is 0 Å². The Morgan fingerprint density at radius 3 is 2.72 bits per heavy atom. The number of carbonyl (C=O) groups is 1. The number of rotatable bonds is 2. The Bertz CT molecular complexity index is 874. The van der Waals surface area contributed by atoms with Gasteiger partial charge in [0.15, 0.2) is 0 Å². The van der Waals surface area contributed by atoms with Crippen LogP contribution < -0.4 is 0 Å². The molecule has 1 saturated heterocycles. The Labute approximate surface area is 154 Å². The number of thioether (sulfide) groups is 1. The highest BCUT2D eigenvalue weighted by molar-refractivity contribution is 7.99. The van der Waals surface area contributed by atoms with E-state index in [0.29, 0.717) is 13.1 Å². The van der Waals surface area contributed by atoms with E-state index < -0.39 is 0 Å². The van der Waals surface area contributed by atoms with E-state index in [9.17, 15) is 9.18 Å². The molecule has 0 N–H and O–H groups in total. The number of fused-ring (bicyclic) bond motifs is 1. The van der Waals surface area contributed by atoms with Crippen molar-refractivity contribution in [1.29, 1.82) is 0 Å². The summed E-state index contributed by atoms with van der Waals surface area (Å²) in [5.74, 6) is 0.774. The quantitative estimate of drug-likeness (QED) is 0.604. The van der Waals surface area contributed by atoms with E-state index in [1.165, 1.54) is 6.07 Å². The van der Waals surface area contributed by atoms with Crippen LogP contribution in [-0.2, 0) is 0 Å². The molecule has 1 fully saturated rings. The summed E-state index contributed by atoms with van der Waals surface area (Å²) >= 11 is 3.29. The van der Waals surface area contributed by atoms with Crippen LogP contribution in [-0.4, -0.2) is 29.6 Å². The molecule has 2 heterocycles. The van der Waals surface area contributed by atoms with E-state index >= 15 is 0 Å². The normalized spacial score (nSPS) is 18.3. The molecule has 0 saturated carbocycles. The van der Waals surface area contributed by atoms with Gasteiger partial charge in [0.2, 0.25) is 0 Å².